The highest BCUT2D eigenvalue weighted by molar-refractivity contribution is 4.80. The van der Waals surface area contributed by atoms with Crippen LogP contribution in [-0.4, -0.2) is 48.8 Å². The summed E-state index contributed by atoms with van der Waals surface area (Å²) in [5.41, 5.74) is 0. The number of hydrogen-bond acceptors (Lipinski definition) is 3. The smallest absolute Gasteiger partial charge is 0.0582 e. The Balaban J connectivity index is 2.17. The first-order valence-corrected chi connectivity index (χ1v) is 4.28. The van der Waals surface area contributed by atoms with Gasteiger partial charge in [-0.1, -0.05) is 0 Å². The molecule has 11 heavy (non-hydrogen) atoms. The predicted molar refractivity (Wildman–Crippen MR) is 45.6 cm³/mol. The van der Waals surface area contributed by atoms with Crippen LogP contribution in [0, 0.1) is 0 Å². The van der Waals surface area contributed by atoms with Crippen molar-refractivity contribution in [1.82, 2.24) is 10.2 Å². The molecular formula is C8H18N2O. The van der Waals surface area contributed by atoms with Crippen molar-refractivity contribution in [2.45, 2.75) is 25.4 Å². The van der Waals surface area contributed by atoms with Crippen molar-refractivity contribution >= 4 is 0 Å². The van der Waals surface area contributed by atoms with Gasteiger partial charge in [0.2, 0.25) is 0 Å². The van der Waals surface area contributed by atoms with Crippen molar-refractivity contribution in [3.8, 4) is 0 Å². The van der Waals surface area contributed by atoms with Crippen molar-refractivity contribution < 1.29 is 5.11 Å². The average molecular weight is 158 g/mol. The zero-order valence-electron chi connectivity index (χ0n) is 7.38. The van der Waals surface area contributed by atoms with Gasteiger partial charge in [-0.2, -0.15) is 0 Å². The quantitative estimate of drug-likeness (QED) is 0.590. The van der Waals surface area contributed by atoms with Gasteiger partial charge in [0, 0.05) is 18.6 Å². The lowest BCUT2D eigenvalue weighted by molar-refractivity contribution is 0.240. The molecule has 0 aromatic heterocycles. The Kier molecular flexibility index (Phi) is 3.30. The zero-order chi connectivity index (χ0) is 8.27. The maximum absolute atomic E-state index is 8.78. The van der Waals surface area contributed by atoms with Gasteiger partial charge in [0.1, 0.15) is 0 Å². The van der Waals surface area contributed by atoms with Crippen LogP contribution in [0.25, 0.3) is 0 Å². The van der Waals surface area contributed by atoms with Gasteiger partial charge < -0.3 is 15.3 Å². The van der Waals surface area contributed by atoms with Crippen molar-refractivity contribution in [3.05, 3.63) is 0 Å². The largest absolute Gasteiger partial charge is 0.395 e. The fraction of sp³-hybridized carbons (Fsp3) is 1.00. The van der Waals surface area contributed by atoms with Gasteiger partial charge >= 0.3 is 0 Å². The van der Waals surface area contributed by atoms with Gasteiger partial charge in [0.15, 0.2) is 0 Å². The number of rotatable bonds is 3. The molecule has 2 atom stereocenters. The number of aliphatic hydroxyl groups excluding tert-OH is 1. The summed E-state index contributed by atoms with van der Waals surface area (Å²) in [5, 5.41) is 12.2. The van der Waals surface area contributed by atoms with Crippen molar-refractivity contribution in [1.29, 1.82) is 0 Å². The third-order valence-electron chi connectivity index (χ3n) is 2.19. The average Bonchev–Trinajstić information content (AvgIpc) is 2.35. The van der Waals surface area contributed by atoms with Crippen LogP contribution in [-0.2, 0) is 0 Å². The summed E-state index contributed by atoms with van der Waals surface area (Å²) >= 11 is 0. The van der Waals surface area contributed by atoms with Gasteiger partial charge in [-0.05, 0) is 26.9 Å². The predicted octanol–water partition coefficient (Wildman–Crippen LogP) is -0.339. The van der Waals surface area contributed by atoms with Crippen LogP contribution >= 0.6 is 0 Å². The van der Waals surface area contributed by atoms with Gasteiger partial charge in [0.05, 0.1) is 6.61 Å². The first-order valence-electron chi connectivity index (χ1n) is 4.28. The van der Waals surface area contributed by atoms with E-state index in [1.165, 1.54) is 13.0 Å². The molecule has 0 saturated carbocycles. The second-order valence-electron chi connectivity index (χ2n) is 3.50. The summed E-state index contributed by atoms with van der Waals surface area (Å²) in [6.45, 7) is 4.54. The molecule has 0 amide bonds. The molecule has 0 spiro atoms. The van der Waals surface area contributed by atoms with Gasteiger partial charge in [-0.3, -0.25) is 0 Å². The van der Waals surface area contributed by atoms with E-state index in [0.29, 0.717) is 6.04 Å². The van der Waals surface area contributed by atoms with Crippen LogP contribution in [0.2, 0.25) is 0 Å². The highest BCUT2D eigenvalue weighted by Crippen LogP contribution is 2.06. The molecule has 0 bridgehead atoms. The summed E-state index contributed by atoms with van der Waals surface area (Å²) in [6, 6.07) is 0.827. The number of aliphatic hydroxyl groups is 1. The third kappa shape index (κ3) is 2.77. The normalized spacial score (nSPS) is 29.2. The lowest BCUT2D eigenvalue weighted by Crippen LogP contribution is -2.39. The van der Waals surface area contributed by atoms with E-state index in [2.05, 4.69) is 17.3 Å². The van der Waals surface area contributed by atoms with Crippen LogP contribution in [0.3, 0.4) is 0 Å². The number of hydrogen-bond donors (Lipinski definition) is 2. The topological polar surface area (TPSA) is 35.5 Å². The van der Waals surface area contributed by atoms with Crippen LogP contribution in [0.4, 0.5) is 0 Å². The summed E-state index contributed by atoms with van der Waals surface area (Å²) in [4.78, 5) is 2.31. The van der Waals surface area contributed by atoms with E-state index >= 15 is 0 Å². The van der Waals surface area contributed by atoms with Crippen molar-refractivity contribution in [2.24, 2.45) is 0 Å². The summed E-state index contributed by atoms with van der Waals surface area (Å²) < 4.78 is 0. The highest BCUT2D eigenvalue weighted by atomic mass is 16.3. The monoisotopic (exact) mass is 158 g/mol. The van der Waals surface area contributed by atoms with E-state index in [1.807, 2.05) is 6.92 Å². The Bertz CT molecular complexity index is 119. The molecule has 3 heteroatoms. The molecule has 1 rings (SSSR count). The summed E-state index contributed by atoms with van der Waals surface area (Å²) in [7, 11) is 2.13. The minimum atomic E-state index is 0.236. The molecule has 1 unspecified atom stereocenters. The molecule has 3 nitrogen and oxygen atoms in total. The Morgan fingerprint density at radius 1 is 1.73 bits per heavy atom. The Labute approximate surface area is 68.4 Å². The van der Waals surface area contributed by atoms with Crippen LogP contribution < -0.4 is 5.32 Å². The standard InChI is InChI=1S/C8H18N2O/c1-7(6-11)9-8-3-4-10(2)5-8/h7-9,11H,3-6H2,1-2H3/t7-,8?/m1/s1. The molecule has 0 aromatic carbocycles. The molecule has 2 N–H and O–H groups in total. The Hall–Kier alpha value is -0.120. The minimum Gasteiger partial charge on any atom is -0.395 e. The van der Waals surface area contributed by atoms with Gasteiger partial charge in [-0.15, -0.1) is 0 Å². The molecule has 66 valence electrons. The number of likely N-dealkylation sites (N-methyl/N-ethyl adjacent to an activating group) is 1. The van der Waals surface area contributed by atoms with Gasteiger partial charge in [0.25, 0.3) is 0 Å². The molecule has 1 fully saturated rings. The Morgan fingerprint density at radius 3 is 2.91 bits per heavy atom. The lowest BCUT2D eigenvalue weighted by Gasteiger charge is -2.17. The van der Waals surface area contributed by atoms with Gasteiger partial charge in [-0.25, -0.2) is 0 Å². The number of likely N-dealkylation sites (tertiary alicyclic amines) is 1. The zero-order valence-corrected chi connectivity index (χ0v) is 7.38. The van der Waals surface area contributed by atoms with E-state index in [1.54, 1.807) is 0 Å². The molecule has 1 aliphatic rings. The molecule has 1 aliphatic heterocycles. The van der Waals surface area contributed by atoms with Crippen LogP contribution in [0.5, 0.6) is 0 Å². The summed E-state index contributed by atoms with van der Waals surface area (Å²) in [5.74, 6) is 0. The highest BCUT2D eigenvalue weighted by Gasteiger charge is 2.19. The first kappa shape index (κ1) is 8.97. The van der Waals surface area contributed by atoms with Crippen LogP contribution in [0.1, 0.15) is 13.3 Å². The molecule has 0 radical (unpaired) electrons. The second-order valence-corrected chi connectivity index (χ2v) is 3.50. The molecule has 1 heterocycles. The molecule has 0 aromatic rings. The van der Waals surface area contributed by atoms with Crippen molar-refractivity contribution in [3.63, 3.8) is 0 Å². The van der Waals surface area contributed by atoms with E-state index in [9.17, 15) is 0 Å². The SMILES string of the molecule is C[C@H](CO)NC1CCN(C)C1. The minimum absolute atomic E-state index is 0.236. The molecular weight excluding hydrogens is 140 g/mol. The fourth-order valence-corrected chi connectivity index (χ4v) is 1.53. The summed E-state index contributed by atoms with van der Waals surface area (Å²) in [6.07, 6.45) is 1.21. The van der Waals surface area contributed by atoms with Crippen LogP contribution in [0.15, 0.2) is 0 Å². The molecule has 0 aliphatic carbocycles. The van der Waals surface area contributed by atoms with E-state index in [0.717, 1.165) is 6.54 Å². The second kappa shape index (κ2) is 4.04. The third-order valence-corrected chi connectivity index (χ3v) is 2.19. The maximum atomic E-state index is 8.78. The Morgan fingerprint density at radius 2 is 2.45 bits per heavy atom. The number of nitrogens with zero attached hydrogens (tertiary/aromatic N) is 1. The van der Waals surface area contributed by atoms with Crippen molar-refractivity contribution in [2.75, 3.05) is 26.7 Å². The molecule has 1 saturated heterocycles. The fourth-order valence-electron chi connectivity index (χ4n) is 1.53. The maximum Gasteiger partial charge on any atom is 0.0582 e. The lowest BCUT2D eigenvalue weighted by atomic mass is 10.2. The van der Waals surface area contributed by atoms with E-state index in [4.69, 9.17) is 5.11 Å². The first-order chi connectivity index (χ1) is 5.22. The van der Waals surface area contributed by atoms with E-state index in [-0.39, 0.29) is 12.6 Å². The van der Waals surface area contributed by atoms with E-state index < -0.39 is 0 Å². The number of nitrogens with one attached hydrogen (secondary N) is 1.